The number of benzene rings is 3. The van der Waals surface area contributed by atoms with E-state index in [0.717, 1.165) is 29.0 Å². The van der Waals surface area contributed by atoms with Gasteiger partial charge in [0.05, 0.1) is 5.69 Å². The van der Waals surface area contributed by atoms with Crippen LogP contribution in [0.15, 0.2) is 87.6 Å². The smallest absolute Gasteiger partial charge is 0.0630 e. The summed E-state index contributed by atoms with van der Waals surface area (Å²) >= 11 is 1.80. The van der Waals surface area contributed by atoms with Gasteiger partial charge in [0.1, 0.15) is 0 Å². The van der Waals surface area contributed by atoms with E-state index in [2.05, 4.69) is 79.7 Å². The molecule has 3 aromatic rings. The van der Waals surface area contributed by atoms with Crippen LogP contribution >= 0.6 is 11.8 Å². The topological polar surface area (TPSA) is 12.4 Å². The Morgan fingerprint density at radius 3 is 1.81 bits per heavy atom. The molecule has 0 N–H and O–H groups in total. The minimum Gasteiger partial charge on any atom is -0.256 e. The monoisotopic (exact) mass is 437 g/mol. The van der Waals surface area contributed by atoms with E-state index in [1.165, 1.54) is 53.9 Å². The molecule has 4 aliphatic rings. The maximum atomic E-state index is 4.76. The lowest BCUT2D eigenvalue weighted by Gasteiger charge is -2.57. The fourth-order valence-electron chi connectivity index (χ4n) is 6.88. The van der Waals surface area contributed by atoms with Gasteiger partial charge in [0.25, 0.3) is 0 Å². The van der Waals surface area contributed by atoms with Gasteiger partial charge in [-0.05, 0) is 116 Å². The predicted molar refractivity (Wildman–Crippen MR) is 135 cm³/mol. The third kappa shape index (κ3) is 4.06. The lowest BCUT2D eigenvalue weighted by Crippen LogP contribution is -2.48. The van der Waals surface area contributed by atoms with Crippen LogP contribution in [0.2, 0.25) is 0 Å². The zero-order valence-electron chi connectivity index (χ0n) is 18.8. The molecule has 0 aromatic heterocycles. The summed E-state index contributed by atoms with van der Waals surface area (Å²) < 4.78 is 0. The Morgan fingerprint density at radius 2 is 1.25 bits per heavy atom. The third-order valence-electron chi connectivity index (χ3n) is 8.02. The van der Waals surface area contributed by atoms with E-state index < -0.39 is 0 Å². The average molecular weight is 438 g/mol. The molecule has 4 bridgehead atoms. The molecule has 0 spiro atoms. The number of aryl methyl sites for hydroxylation is 1. The summed E-state index contributed by atoms with van der Waals surface area (Å²) in [5, 5.41) is 0. The quantitative estimate of drug-likeness (QED) is 0.365. The zero-order valence-corrected chi connectivity index (χ0v) is 19.7. The molecule has 4 saturated carbocycles. The molecule has 3 aromatic carbocycles. The van der Waals surface area contributed by atoms with Gasteiger partial charge in [0.15, 0.2) is 0 Å². The first kappa shape index (κ1) is 20.3. The van der Waals surface area contributed by atoms with E-state index in [4.69, 9.17) is 4.99 Å². The van der Waals surface area contributed by atoms with Crippen molar-refractivity contribution in [3.63, 3.8) is 0 Å². The van der Waals surface area contributed by atoms with Gasteiger partial charge in [-0.3, -0.25) is 4.99 Å². The Hall–Kier alpha value is -2.32. The van der Waals surface area contributed by atoms with Crippen molar-refractivity contribution in [2.24, 2.45) is 22.7 Å². The molecule has 0 heterocycles. The first-order valence-corrected chi connectivity index (χ1v) is 12.9. The van der Waals surface area contributed by atoms with Gasteiger partial charge in [-0.15, -0.1) is 0 Å². The van der Waals surface area contributed by atoms with Crippen LogP contribution in [-0.4, -0.2) is 6.21 Å². The summed E-state index contributed by atoms with van der Waals surface area (Å²) in [7, 11) is 0. The molecular weight excluding hydrogens is 406 g/mol. The van der Waals surface area contributed by atoms with E-state index in [9.17, 15) is 0 Å². The van der Waals surface area contributed by atoms with E-state index >= 15 is 0 Å². The van der Waals surface area contributed by atoms with Crippen molar-refractivity contribution >= 4 is 23.7 Å². The highest BCUT2D eigenvalue weighted by atomic mass is 32.2. The zero-order chi connectivity index (χ0) is 21.5. The first-order chi connectivity index (χ1) is 15.6. The summed E-state index contributed by atoms with van der Waals surface area (Å²) in [4.78, 5) is 7.29. The number of aliphatic imine (C=N–C) groups is 1. The highest BCUT2D eigenvalue weighted by Crippen LogP contribution is 2.60. The molecule has 2 heteroatoms. The van der Waals surface area contributed by atoms with Crippen LogP contribution in [0.3, 0.4) is 0 Å². The first-order valence-electron chi connectivity index (χ1n) is 12.1. The number of nitrogens with zero attached hydrogens (tertiary/aromatic N) is 1. The van der Waals surface area contributed by atoms with Crippen LogP contribution < -0.4 is 0 Å². The summed E-state index contributed by atoms with van der Waals surface area (Å²) in [5.41, 5.74) is 5.54. The molecule has 7 rings (SSSR count). The van der Waals surface area contributed by atoms with Crippen molar-refractivity contribution < 1.29 is 0 Å². The molecule has 0 atom stereocenters. The standard InChI is InChI=1S/C30H31NS/c1-21-2-10-28(11-3-21)32-29-12-4-22(5-13-29)20-31-27-8-6-26(7-9-27)30-17-23-14-24(18-30)16-25(15-23)19-30/h2-13,20,23-25H,14-19H2,1H3. The summed E-state index contributed by atoms with van der Waals surface area (Å²) in [6.45, 7) is 2.12. The van der Waals surface area contributed by atoms with Crippen molar-refractivity contribution in [2.45, 2.75) is 60.7 Å². The lowest BCUT2D eigenvalue weighted by atomic mass is 9.48. The maximum Gasteiger partial charge on any atom is 0.0630 e. The number of rotatable bonds is 5. The van der Waals surface area contributed by atoms with Crippen molar-refractivity contribution in [3.05, 3.63) is 89.5 Å². The summed E-state index contributed by atoms with van der Waals surface area (Å²) in [6.07, 6.45) is 10.8. The highest BCUT2D eigenvalue weighted by Gasteiger charge is 2.51. The van der Waals surface area contributed by atoms with Crippen LogP contribution in [-0.2, 0) is 5.41 Å². The molecular formula is C30H31NS. The van der Waals surface area contributed by atoms with Crippen LogP contribution in [0.25, 0.3) is 0 Å². The minimum atomic E-state index is 0.474. The van der Waals surface area contributed by atoms with Gasteiger partial charge in [-0.2, -0.15) is 0 Å². The lowest BCUT2D eigenvalue weighted by molar-refractivity contribution is -0.00518. The second kappa shape index (κ2) is 8.23. The second-order valence-electron chi connectivity index (χ2n) is 10.5. The Kier molecular flexibility index (Phi) is 5.22. The Bertz CT molecular complexity index is 1070. The van der Waals surface area contributed by atoms with E-state index in [1.54, 1.807) is 17.3 Å². The van der Waals surface area contributed by atoms with Crippen LogP contribution in [0, 0.1) is 24.7 Å². The van der Waals surface area contributed by atoms with Crippen molar-refractivity contribution in [1.29, 1.82) is 0 Å². The minimum absolute atomic E-state index is 0.474. The van der Waals surface area contributed by atoms with Crippen molar-refractivity contribution in [1.82, 2.24) is 0 Å². The van der Waals surface area contributed by atoms with E-state index in [1.807, 2.05) is 6.21 Å². The molecule has 4 fully saturated rings. The Morgan fingerprint density at radius 1 is 0.719 bits per heavy atom. The van der Waals surface area contributed by atoms with Crippen molar-refractivity contribution in [3.8, 4) is 0 Å². The molecule has 32 heavy (non-hydrogen) atoms. The summed E-state index contributed by atoms with van der Waals surface area (Å²) in [5.74, 6) is 2.98. The van der Waals surface area contributed by atoms with E-state index in [0.29, 0.717) is 5.41 Å². The molecule has 0 unspecified atom stereocenters. The average Bonchev–Trinajstić information content (AvgIpc) is 2.80. The second-order valence-corrected chi connectivity index (χ2v) is 11.6. The molecule has 0 aliphatic heterocycles. The van der Waals surface area contributed by atoms with Gasteiger partial charge in [0.2, 0.25) is 0 Å². The predicted octanol–water partition coefficient (Wildman–Crippen LogP) is 8.36. The Balaban J connectivity index is 1.12. The SMILES string of the molecule is Cc1ccc(Sc2ccc(C=Nc3ccc(C45CC6CC(CC(C6)C4)C5)cc3)cc2)cc1. The maximum absolute atomic E-state index is 4.76. The molecule has 0 amide bonds. The highest BCUT2D eigenvalue weighted by molar-refractivity contribution is 7.99. The van der Waals surface area contributed by atoms with E-state index in [-0.39, 0.29) is 0 Å². The van der Waals surface area contributed by atoms with Gasteiger partial charge in [-0.25, -0.2) is 0 Å². The van der Waals surface area contributed by atoms with Crippen LogP contribution in [0.1, 0.15) is 55.2 Å². The fourth-order valence-corrected chi connectivity index (χ4v) is 7.70. The normalized spacial score (nSPS) is 28.5. The van der Waals surface area contributed by atoms with Gasteiger partial charge in [0, 0.05) is 16.0 Å². The van der Waals surface area contributed by atoms with Crippen LogP contribution in [0.5, 0.6) is 0 Å². The number of hydrogen-bond acceptors (Lipinski definition) is 2. The fraction of sp³-hybridized carbons (Fsp3) is 0.367. The van der Waals surface area contributed by atoms with Gasteiger partial charge >= 0.3 is 0 Å². The molecule has 0 radical (unpaired) electrons. The molecule has 1 nitrogen and oxygen atoms in total. The molecule has 162 valence electrons. The van der Waals surface area contributed by atoms with Crippen molar-refractivity contribution in [2.75, 3.05) is 0 Å². The van der Waals surface area contributed by atoms with Crippen LogP contribution in [0.4, 0.5) is 5.69 Å². The summed E-state index contributed by atoms with van der Waals surface area (Å²) in [6, 6.07) is 26.6. The molecule has 4 aliphatic carbocycles. The largest absolute Gasteiger partial charge is 0.256 e. The van der Waals surface area contributed by atoms with Gasteiger partial charge in [-0.1, -0.05) is 53.7 Å². The Labute approximate surface area is 196 Å². The van der Waals surface area contributed by atoms with Gasteiger partial charge < -0.3 is 0 Å². The molecule has 0 saturated heterocycles. The third-order valence-corrected chi connectivity index (χ3v) is 9.03. The number of hydrogen-bond donors (Lipinski definition) is 0.